The average Bonchev–Trinajstić information content (AvgIpc) is 3.07. The summed E-state index contributed by atoms with van der Waals surface area (Å²) in [6, 6.07) is 5.83. The van der Waals surface area contributed by atoms with Gasteiger partial charge in [0.25, 0.3) is 5.91 Å². The van der Waals surface area contributed by atoms with E-state index in [1.54, 1.807) is 19.1 Å². The SMILES string of the molecule is CC(=O)O[C@H]1/C(C)=C/[C@H](C)[C@@H](O)[C@@H](C)C[C@H](C)CC2=C(CCCCC(=O)Nc3ccc(C(=O)O)cc3)C(=O)C=C(NC(=O)/C(C)=C/C=C\[C@@H]1C)C2=O. The number of benzene rings is 1. The number of fused-ring (bicyclic) bond motifs is 2. The van der Waals surface area contributed by atoms with E-state index in [4.69, 9.17) is 9.84 Å². The Labute approximate surface area is 306 Å². The molecule has 3 rings (SSSR count). The molecule has 6 atom stereocenters. The van der Waals surface area contributed by atoms with Crippen molar-refractivity contribution < 1.29 is 43.7 Å². The summed E-state index contributed by atoms with van der Waals surface area (Å²) in [6.45, 7) is 12.5. The zero-order valence-electron chi connectivity index (χ0n) is 31.2. The second kappa shape index (κ2) is 19.1. The molecule has 1 aliphatic carbocycles. The number of amides is 2. The fourth-order valence-electron chi connectivity index (χ4n) is 6.72. The van der Waals surface area contributed by atoms with Crippen LogP contribution in [0.1, 0.15) is 97.3 Å². The van der Waals surface area contributed by atoms with E-state index in [-0.39, 0.29) is 65.9 Å². The van der Waals surface area contributed by atoms with Gasteiger partial charge in [0, 0.05) is 53.7 Å². The molecule has 11 heteroatoms. The van der Waals surface area contributed by atoms with Gasteiger partial charge in [-0.05, 0) is 87.6 Å². The topological polar surface area (TPSA) is 176 Å². The lowest BCUT2D eigenvalue weighted by Gasteiger charge is -2.28. The van der Waals surface area contributed by atoms with Gasteiger partial charge in [0.1, 0.15) is 6.10 Å². The molecule has 1 aromatic rings. The van der Waals surface area contributed by atoms with Crippen molar-refractivity contribution in [3.63, 3.8) is 0 Å². The smallest absolute Gasteiger partial charge is 0.335 e. The van der Waals surface area contributed by atoms with Crippen LogP contribution < -0.4 is 10.6 Å². The molecule has 280 valence electrons. The second-order valence-electron chi connectivity index (χ2n) is 14.2. The van der Waals surface area contributed by atoms with Gasteiger partial charge in [-0.15, -0.1) is 0 Å². The van der Waals surface area contributed by atoms with E-state index in [1.165, 1.54) is 31.2 Å². The summed E-state index contributed by atoms with van der Waals surface area (Å²) in [5.74, 6) is -3.93. The first-order chi connectivity index (χ1) is 24.5. The predicted molar refractivity (Wildman–Crippen MR) is 198 cm³/mol. The molecule has 1 aromatic carbocycles. The van der Waals surface area contributed by atoms with Crippen LogP contribution in [0.3, 0.4) is 0 Å². The number of carboxylic acids is 1. The zero-order chi connectivity index (χ0) is 38.7. The number of aliphatic hydroxyl groups is 1. The molecule has 2 amide bonds. The Morgan fingerprint density at radius 1 is 0.981 bits per heavy atom. The summed E-state index contributed by atoms with van der Waals surface area (Å²) < 4.78 is 5.65. The lowest BCUT2D eigenvalue weighted by Crippen LogP contribution is -2.33. The van der Waals surface area contributed by atoms with Gasteiger partial charge in [0.05, 0.1) is 17.4 Å². The fourth-order valence-corrected chi connectivity index (χ4v) is 6.72. The Hall–Kier alpha value is -4.90. The highest BCUT2D eigenvalue weighted by Crippen LogP contribution is 2.32. The van der Waals surface area contributed by atoms with E-state index < -0.39 is 35.8 Å². The van der Waals surface area contributed by atoms with Crippen molar-refractivity contribution in [3.8, 4) is 0 Å². The molecule has 0 fully saturated rings. The van der Waals surface area contributed by atoms with Gasteiger partial charge < -0.3 is 25.6 Å². The van der Waals surface area contributed by atoms with E-state index in [0.29, 0.717) is 41.7 Å². The number of Topliss-reactive ketones (excluding diaryl/α,β-unsaturated/α-hetero) is 1. The van der Waals surface area contributed by atoms with Crippen molar-refractivity contribution in [2.24, 2.45) is 23.7 Å². The molecule has 0 unspecified atom stereocenters. The zero-order valence-corrected chi connectivity index (χ0v) is 31.2. The van der Waals surface area contributed by atoms with E-state index in [1.807, 2.05) is 46.8 Å². The summed E-state index contributed by atoms with van der Waals surface area (Å²) in [5.41, 5.74) is 2.24. The molecule has 52 heavy (non-hydrogen) atoms. The van der Waals surface area contributed by atoms with Crippen molar-refractivity contribution in [1.29, 1.82) is 0 Å². The van der Waals surface area contributed by atoms with Gasteiger partial charge in [-0.3, -0.25) is 24.0 Å². The quantitative estimate of drug-likeness (QED) is 0.102. The van der Waals surface area contributed by atoms with Crippen molar-refractivity contribution in [1.82, 2.24) is 5.32 Å². The standard InChI is InChI=1S/C41H52N2O9/c1-23-19-26(4)37(47)27(5)21-28(6)39(52-29(7)44)24(2)11-10-12-25(3)40(49)43-34-22-35(45)32(33(20-23)38(34)48)13-8-9-14-36(46)42-31-17-15-30(16-18-31)41(50)51/h10-12,15-18,21-24,26-27,37,39,47H,8-9,13-14,19-20H2,1-7H3,(H,42,46)(H,43,49)(H,50,51)/b11-10-,25-12+,28-21+/t23-,24-,26-,27-,37-,39+/m0/s1. The van der Waals surface area contributed by atoms with E-state index in [0.717, 1.165) is 11.6 Å². The molecule has 11 nitrogen and oxygen atoms in total. The third-order valence-corrected chi connectivity index (χ3v) is 9.51. The number of aliphatic hydroxyl groups excluding tert-OH is 1. The molecule has 0 radical (unpaired) electrons. The number of allylic oxidation sites excluding steroid dienone is 5. The Morgan fingerprint density at radius 3 is 2.29 bits per heavy atom. The largest absolute Gasteiger partial charge is 0.478 e. The summed E-state index contributed by atoms with van der Waals surface area (Å²) in [5, 5.41) is 25.8. The van der Waals surface area contributed by atoms with Crippen molar-refractivity contribution in [2.45, 2.75) is 99.2 Å². The number of nitrogens with one attached hydrogen (secondary N) is 2. The van der Waals surface area contributed by atoms with E-state index in [2.05, 4.69) is 10.6 Å². The number of unbranched alkanes of at least 4 members (excludes halogenated alkanes) is 1. The fraction of sp³-hybridized carbons (Fsp3) is 0.463. The van der Waals surface area contributed by atoms with Crippen LogP contribution in [0.4, 0.5) is 5.69 Å². The molecular formula is C41H52N2O9. The number of hydrogen-bond donors (Lipinski definition) is 4. The lowest BCUT2D eigenvalue weighted by atomic mass is 9.80. The summed E-state index contributed by atoms with van der Waals surface area (Å²) in [6.07, 6.45) is 8.94. The molecule has 0 saturated heterocycles. The first-order valence-corrected chi connectivity index (χ1v) is 17.8. The molecule has 1 heterocycles. The van der Waals surface area contributed by atoms with Crippen LogP contribution in [0.2, 0.25) is 0 Å². The minimum atomic E-state index is -1.06. The Bertz CT molecular complexity index is 1700. The first-order valence-electron chi connectivity index (χ1n) is 17.8. The normalized spacial score (nSPS) is 27.7. The highest BCUT2D eigenvalue weighted by molar-refractivity contribution is 6.23. The predicted octanol–water partition coefficient (Wildman–Crippen LogP) is 6.41. The number of carboxylic acid groups (broad SMARTS) is 1. The van der Waals surface area contributed by atoms with Crippen LogP contribution in [-0.4, -0.2) is 57.7 Å². The highest BCUT2D eigenvalue weighted by Gasteiger charge is 2.32. The molecule has 0 spiro atoms. The summed E-state index contributed by atoms with van der Waals surface area (Å²) >= 11 is 0. The molecule has 0 saturated carbocycles. The Balaban J connectivity index is 1.85. The maximum atomic E-state index is 13.9. The molecule has 1 aliphatic heterocycles. The van der Waals surface area contributed by atoms with Gasteiger partial charge in [0.2, 0.25) is 11.7 Å². The van der Waals surface area contributed by atoms with E-state index >= 15 is 0 Å². The van der Waals surface area contributed by atoms with Crippen LogP contribution in [0, 0.1) is 23.7 Å². The van der Waals surface area contributed by atoms with Gasteiger partial charge in [-0.2, -0.15) is 0 Å². The molecule has 4 N–H and O–H groups in total. The van der Waals surface area contributed by atoms with Crippen LogP contribution >= 0.6 is 0 Å². The number of ether oxygens (including phenoxy) is 1. The Morgan fingerprint density at radius 2 is 1.65 bits per heavy atom. The number of anilines is 1. The molecule has 2 aliphatic rings. The minimum Gasteiger partial charge on any atom is -0.478 e. The van der Waals surface area contributed by atoms with Gasteiger partial charge in [0.15, 0.2) is 5.78 Å². The lowest BCUT2D eigenvalue weighted by molar-refractivity contribution is -0.146. The minimum absolute atomic E-state index is 0.103. The molecule has 0 aromatic heterocycles. The van der Waals surface area contributed by atoms with Crippen LogP contribution in [0.15, 0.2) is 82.6 Å². The number of hydrogen-bond acceptors (Lipinski definition) is 8. The number of rotatable bonds is 8. The monoisotopic (exact) mass is 716 g/mol. The van der Waals surface area contributed by atoms with Crippen molar-refractivity contribution >= 4 is 41.0 Å². The first kappa shape index (κ1) is 41.5. The molecular weight excluding hydrogens is 664 g/mol. The number of aromatic carboxylic acids is 1. The average molecular weight is 717 g/mol. The van der Waals surface area contributed by atoms with Crippen LogP contribution in [-0.2, 0) is 28.7 Å². The number of ketones is 2. The van der Waals surface area contributed by atoms with E-state index in [9.17, 15) is 33.9 Å². The Kier molecular flexibility index (Phi) is 15.2. The van der Waals surface area contributed by atoms with Crippen LogP contribution in [0.25, 0.3) is 0 Å². The maximum absolute atomic E-state index is 13.9. The summed E-state index contributed by atoms with van der Waals surface area (Å²) in [7, 11) is 0. The third-order valence-electron chi connectivity index (χ3n) is 9.51. The maximum Gasteiger partial charge on any atom is 0.335 e. The number of esters is 1. The van der Waals surface area contributed by atoms with Gasteiger partial charge >= 0.3 is 11.9 Å². The molecule has 2 bridgehead atoms. The number of carbonyl (C=O) groups is 6. The highest BCUT2D eigenvalue weighted by atomic mass is 16.5. The van der Waals surface area contributed by atoms with Crippen LogP contribution in [0.5, 0.6) is 0 Å². The summed E-state index contributed by atoms with van der Waals surface area (Å²) in [4.78, 5) is 76.2. The number of carbonyl (C=O) groups excluding carboxylic acids is 5. The van der Waals surface area contributed by atoms with Crippen molar-refractivity contribution in [3.05, 3.63) is 88.2 Å². The van der Waals surface area contributed by atoms with Gasteiger partial charge in [-0.25, -0.2) is 4.79 Å². The second-order valence-corrected chi connectivity index (χ2v) is 14.2. The van der Waals surface area contributed by atoms with Gasteiger partial charge in [-0.1, -0.05) is 52.0 Å². The van der Waals surface area contributed by atoms with Crippen molar-refractivity contribution in [2.75, 3.05) is 5.32 Å². The third kappa shape index (κ3) is 11.8.